The average Bonchev–Trinajstić information content (AvgIpc) is 2.89. The monoisotopic (exact) mass is 254 g/mol. The van der Waals surface area contributed by atoms with Crippen molar-refractivity contribution < 1.29 is 4.52 Å². The van der Waals surface area contributed by atoms with Gasteiger partial charge >= 0.3 is 0 Å². The lowest BCUT2D eigenvalue weighted by Crippen LogP contribution is -2.02. The first-order valence-corrected chi connectivity index (χ1v) is 5.61. The molecule has 3 aromatic rings. The number of pyridine rings is 1. The summed E-state index contributed by atoms with van der Waals surface area (Å²) in [5.74, 6) is 0.604. The second kappa shape index (κ2) is 4.41. The highest BCUT2D eigenvalue weighted by molar-refractivity contribution is 5.61. The van der Waals surface area contributed by atoms with Crippen LogP contribution in [-0.4, -0.2) is 15.1 Å². The van der Waals surface area contributed by atoms with Gasteiger partial charge in [0.05, 0.1) is 0 Å². The quantitative estimate of drug-likeness (QED) is 0.678. The molecule has 0 aliphatic carbocycles. The zero-order valence-corrected chi connectivity index (χ0v) is 9.83. The van der Waals surface area contributed by atoms with E-state index >= 15 is 0 Å². The fourth-order valence-corrected chi connectivity index (χ4v) is 1.67. The lowest BCUT2D eigenvalue weighted by Gasteiger charge is -1.94. The predicted octanol–water partition coefficient (Wildman–Crippen LogP) is 1.67. The molecule has 0 bridgehead atoms. The second-order valence-electron chi connectivity index (χ2n) is 3.97. The minimum atomic E-state index is -0.175. The minimum Gasteiger partial charge on any atom is -0.399 e. The number of nitrogens with zero attached hydrogens (tertiary/aromatic N) is 2. The van der Waals surface area contributed by atoms with Crippen LogP contribution in [0.4, 0.5) is 5.69 Å². The smallest absolute Gasteiger partial charge is 0.263 e. The van der Waals surface area contributed by atoms with E-state index in [0.717, 1.165) is 5.56 Å². The molecule has 19 heavy (non-hydrogen) atoms. The Balaban J connectivity index is 2.02. The number of hydrogen-bond acceptors (Lipinski definition) is 5. The van der Waals surface area contributed by atoms with Crippen molar-refractivity contribution in [2.45, 2.75) is 0 Å². The van der Waals surface area contributed by atoms with E-state index in [1.807, 2.05) is 0 Å². The van der Waals surface area contributed by atoms with Crippen LogP contribution in [0.3, 0.4) is 0 Å². The largest absolute Gasteiger partial charge is 0.399 e. The number of benzene rings is 1. The fraction of sp³-hybridized carbons (Fsp3) is 0. The molecule has 6 heteroatoms. The van der Waals surface area contributed by atoms with Gasteiger partial charge in [0.15, 0.2) is 5.43 Å². The maximum Gasteiger partial charge on any atom is 0.263 e. The number of aromatic nitrogens is 3. The maximum absolute atomic E-state index is 11.6. The van der Waals surface area contributed by atoms with Crippen molar-refractivity contribution in [3.8, 4) is 22.8 Å². The van der Waals surface area contributed by atoms with Crippen LogP contribution in [0.5, 0.6) is 0 Å². The first kappa shape index (κ1) is 11.2. The Bertz CT molecular complexity index is 759. The third-order valence-electron chi connectivity index (χ3n) is 2.65. The SMILES string of the molecule is Nc1ccc(-c2noc(-c3c[nH]ccc3=O)n2)cc1. The molecule has 0 aliphatic rings. The van der Waals surface area contributed by atoms with Gasteiger partial charge < -0.3 is 15.2 Å². The van der Waals surface area contributed by atoms with Crippen molar-refractivity contribution >= 4 is 5.69 Å². The summed E-state index contributed by atoms with van der Waals surface area (Å²) < 4.78 is 5.10. The van der Waals surface area contributed by atoms with E-state index in [1.165, 1.54) is 12.3 Å². The Hall–Kier alpha value is -2.89. The van der Waals surface area contributed by atoms with Gasteiger partial charge in [0.25, 0.3) is 5.89 Å². The average molecular weight is 254 g/mol. The van der Waals surface area contributed by atoms with Gasteiger partial charge in [0, 0.05) is 29.7 Å². The molecule has 0 radical (unpaired) electrons. The van der Waals surface area contributed by atoms with Crippen LogP contribution in [0.25, 0.3) is 22.8 Å². The zero-order valence-electron chi connectivity index (χ0n) is 9.83. The van der Waals surface area contributed by atoms with Gasteiger partial charge in [0.2, 0.25) is 5.82 Å². The van der Waals surface area contributed by atoms with Crippen LogP contribution in [0.2, 0.25) is 0 Å². The van der Waals surface area contributed by atoms with E-state index in [-0.39, 0.29) is 11.3 Å². The van der Waals surface area contributed by atoms with Gasteiger partial charge in [-0.05, 0) is 24.3 Å². The van der Waals surface area contributed by atoms with Gasteiger partial charge in [-0.1, -0.05) is 5.16 Å². The Morgan fingerprint density at radius 3 is 2.68 bits per heavy atom. The Morgan fingerprint density at radius 2 is 1.95 bits per heavy atom. The van der Waals surface area contributed by atoms with Crippen molar-refractivity contribution in [2.24, 2.45) is 0 Å². The number of rotatable bonds is 2. The molecule has 1 aromatic carbocycles. The molecule has 0 unspecified atom stereocenters. The lowest BCUT2D eigenvalue weighted by atomic mass is 10.2. The van der Waals surface area contributed by atoms with Crippen molar-refractivity contribution in [3.05, 3.63) is 52.9 Å². The molecule has 3 N–H and O–H groups in total. The Morgan fingerprint density at radius 1 is 1.16 bits per heavy atom. The molecule has 0 fully saturated rings. The Labute approximate surface area is 107 Å². The predicted molar refractivity (Wildman–Crippen MR) is 70.2 cm³/mol. The van der Waals surface area contributed by atoms with E-state index in [1.54, 1.807) is 30.5 Å². The van der Waals surface area contributed by atoms with E-state index < -0.39 is 0 Å². The second-order valence-corrected chi connectivity index (χ2v) is 3.97. The van der Waals surface area contributed by atoms with Crippen LogP contribution < -0.4 is 11.2 Å². The molecular formula is C13H10N4O2. The third kappa shape index (κ3) is 2.11. The number of nitrogens with two attached hydrogens (primary N) is 1. The maximum atomic E-state index is 11.6. The molecule has 0 saturated heterocycles. The van der Waals surface area contributed by atoms with E-state index in [2.05, 4.69) is 15.1 Å². The standard InChI is InChI=1S/C13H10N4O2/c14-9-3-1-8(2-4-9)12-16-13(19-17-12)10-7-15-6-5-11(10)18/h1-7H,14H2,(H,15,18). The number of nitrogens with one attached hydrogen (secondary N) is 1. The molecule has 94 valence electrons. The van der Waals surface area contributed by atoms with Gasteiger partial charge in [-0.2, -0.15) is 4.98 Å². The number of aromatic amines is 1. The van der Waals surface area contributed by atoms with Crippen LogP contribution in [-0.2, 0) is 0 Å². The molecule has 6 nitrogen and oxygen atoms in total. The molecule has 0 atom stereocenters. The molecule has 0 spiro atoms. The normalized spacial score (nSPS) is 10.5. The van der Waals surface area contributed by atoms with Crippen molar-refractivity contribution in [1.82, 2.24) is 15.1 Å². The topological polar surface area (TPSA) is 97.8 Å². The van der Waals surface area contributed by atoms with Crippen LogP contribution in [0.1, 0.15) is 0 Å². The van der Waals surface area contributed by atoms with Crippen molar-refractivity contribution in [3.63, 3.8) is 0 Å². The van der Waals surface area contributed by atoms with Gasteiger partial charge in [-0.3, -0.25) is 4.79 Å². The Kier molecular flexibility index (Phi) is 2.60. The van der Waals surface area contributed by atoms with Gasteiger partial charge in [0.1, 0.15) is 5.56 Å². The summed E-state index contributed by atoms with van der Waals surface area (Å²) in [6.45, 7) is 0. The molecule has 2 aromatic heterocycles. The molecule has 0 saturated carbocycles. The van der Waals surface area contributed by atoms with Crippen LogP contribution in [0.15, 0.2) is 52.0 Å². The number of hydrogen-bond donors (Lipinski definition) is 2. The highest BCUT2D eigenvalue weighted by Crippen LogP contribution is 2.20. The number of anilines is 1. The summed E-state index contributed by atoms with van der Waals surface area (Å²) >= 11 is 0. The highest BCUT2D eigenvalue weighted by atomic mass is 16.5. The van der Waals surface area contributed by atoms with E-state index in [0.29, 0.717) is 17.1 Å². The fourth-order valence-electron chi connectivity index (χ4n) is 1.67. The third-order valence-corrected chi connectivity index (χ3v) is 2.65. The van der Waals surface area contributed by atoms with Gasteiger partial charge in [-0.25, -0.2) is 0 Å². The molecular weight excluding hydrogens is 244 g/mol. The minimum absolute atomic E-state index is 0.175. The van der Waals surface area contributed by atoms with E-state index in [9.17, 15) is 4.79 Å². The van der Waals surface area contributed by atoms with Crippen LogP contribution in [0, 0.1) is 0 Å². The van der Waals surface area contributed by atoms with Crippen LogP contribution >= 0.6 is 0 Å². The number of nitrogen functional groups attached to an aromatic ring is 1. The first-order chi connectivity index (χ1) is 9.24. The molecule has 0 aliphatic heterocycles. The summed E-state index contributed by atoms with van der Waals surface area (Å²) in [5, 5.41) is 3.85. The summed E-state index contributed by atoms with van der Waals surface area (Å²) in [6, 6.07) is 8.49. The summed E-state index contributed by atoms with van der Waals surface area (Å²) in [5.41, 5.74) is 7.21. The molecule has 0 amide bonds. The summed E-state index contributed by atoms with van der Waals surface area (Å²) in [6.07, 6.45) is 3.08. The summed E-state index contributed by atoms with van der Waals surface area (Å²) in [4.78, 5) is 18.7. The zero-order chi connectivity index (χ0) is 13.2. The molecule has 2 heterocycles. The van der Waals surface area contributed by atoms with Crippen molar-refractivity contribution in [1.29, 1.82) is 0 Å². The lowest BCUT2D eigenvalue weighted by molar-refractivity contribution is 0.432. The molecule has 3 rings (SSSR count). The van der Waals surface area contributed by atoms with E-state index in [4.69, 9.17) is 10.3 Å². The number of H-pyrrole nitrogens is 1. The van der Waals surface area contributed by atoms with Gasteiger partial charge in [-0.15, -0.1) is 0 Å². The first-order valence-electron chi connectivity index (χ1n) is 5.61. The highest BCUT2D eigenvalue weighted by Gasteiger charge is 2.12. The summed E-state index contributed by atoms with van der Waals surface area (Å²) in [7, 11) is 0. The van der Waals surface area contributed by atoms with Crippen molar-refractivity contribution in [2.75, 3.05) is 5.73 Å².